The molecule has 114 valence electrons. The summed E-state index contributed by atoms with van der Waals surface area (Å²) >= 11 is 0. The number of alkyl halides is 3. The molecule has 0 amide bonds. The quantitative estimate of drug-likeness (QED) is 0.815. The van der Waals surface area contributed by atoms with Crippen molar-refractivity contribution in [3.63, 3.8) is 0 Å². The molecule has 0 radical (unpaired) electrons. The lowest BCUT2D eigenvalue weighted by molar-refractivity contribution is -0.139. The van der Waals surface area contributed by atoms with E-state index in [-0.39, 0.29) is 11.9 Å². The van der Waals surface area contributed by atoms with Gasteiger partial charge in [0.2, 0.25) is 0 Å². The molecule has 0 bridgehead atoms. The van der Waals surface area contributed by atoms with Gasteiger partial charge in [-0.25, -0.2) is 0 Å². The van der Waals surface area contributed by atoms with Gasteiger partial charge in [0, 0.05) is 6.54 Å². The standard InChI is InChI=1S/C15H22F3NO/c1-4-12(10-19-9-11(2)3)20-14-8-6-5-7-13(14)15(16,17)18/h5-8,11-12,19H,4,9-10H2,1-3H3. The molecule has 0 aliphatic carbocycles. The van der Waals surface area contributed by atoms with Gasteiger partial charge in [0.25, 0.3) is 0 Å². The molecule has 0 saturated carbocycles. The SMILES string of the molecule is CCC(CNCC(C)C)Oc1ccccc1C(F)(F)F. The van der Waals surface area contributed by atoms with Gasteiger partial charge in [0.1, 0.15) is 11.9 Å². The molecular weight excluding hydrogens is 267 g/mol. The lowest BCUT2D eigenvalue weighted by Crippen LogP contribution is -2.33. The molecule has 5 heteroatoms. The maximum absolute atomic E-state index is 12.9. The van der Waals surface area contributed by atoms with Crippen molar-refractivity contribution in [3.8, 4) is 5.75 Å². The molecule has 20 heavy (non-hydrogen) atoms. The molecule has 0 aromatic heterocycles. The molecular formula is C15H22F3NO. The molecule has 1 aromatic carbocycles. The van der Waals surface area contributed by atoms with Crippen LogP contribution >= 0.6 is 0 Å². The van der Waals surface area contributed by atoms with E-state index in [0.717, 1.165) is 12.6 Å². The average molecular weight is 289 g/mol. The molecule has 1 atom stereocenters. The predicted octanol–water partition coefficient (Wildman–Crippen LogP) is 4.11. The highest BCUT2D eigenvalue weighted by Crippen LogP contribution is 2.36. The van der Waals surface area contributed by atoms with E-state index in [1.807, 2.05) is 6.92 Å². The molecule has 0 heterocycles. The van der Waals surface area contributed by atoms with Gasteiger partial charge >= 0.3 is 6.18 Å². The Morgan fingerprint density at radius 3 is 2.35 bits per heavy atom. The zero-order valence-corrected chi connectivity index (χ0v) is 12.1. The summed E-state index contributed by atoms with van der Waals surface area (Å²) in [6, 6.07) is 5.34. The molecule has 0 fully saturated rings. The number of nitrogens with one attached hydrogen (secondary N) is 1. The fraction of sp³-hybridized carbons (Fsp3) is 0.600. The molecule has 0 aliphatic heterocycles. The minimum Gasteiger partial charge on any atom is -0.488 e. The van der Waals surface area contributed by atoms with E-state index in [2.05, 4.69) is 19.2 Å². The third kappa shape index (κ3) is 5.41. The van der Waals surface area contributed by atoms with Crippen LogP contribution in [0.3, 0.4) is 0 Å². The largest absolute Gasteiger partial charge is 0.488 e. The van der Waals surface area contributed by atoms with Gasteiger partial charge in [-0.15, -0.1) is 0 Å². The second-order valence-corrected chi connectivity index (χ2v) is 5.19. The van der Waals surface area contributed by atoms with Crippen molar-refractivity contribution in [3.05, 3.63) is 29.8 Å². The second-order valence-electron chi connectivity index (χ2n) is 5.19. The fourth-order valence-electron chi connectivity index (χ4n) is 1.79. The third-order valence-corrected chi connectivity index (χ3v) is 2.87. The average Bonchev–Trinajstić information content (AvgIpc) is 2.36. The lowest BCUT2D eigenvalue weighted by Gasteiger charge is -2.21. The van der Waals surface area contributed by atoms with Crippen molar-refractivity contribution in [1.29, 1.82) is 0 Å². The summed E-state index contributed by atoms with van der Waals surface area (Å²) in [7, 11) is 0. The highest BCUT2D eigenvalue weighted by molar-refractivity contribution is 5.35. The Kier molecular flexibility index (Phi) is 6.33. The Balaban J connectivity index is 2.70. The Morgan fingerprint density at radius 2 is 1.80 bits per heavy atom. The van der Waals surface area contributed by atoms with Crippen LogP contribution in [0, 0.1) is 5.92 Å². The normalized spacial score (nSPS) is 13.6. The number of halogens is 3. The maximum Gasteiger partial charge on any atom is 0.419 e. The van der Waals surface area contributed by atoms with Crippen LogP contribution in [-0.4, -0.2) is 19.2 Å². The third-order valence-electron chi connectivity index (χ3n) is 2.87. The fourth-order valence-corrected chi connectivity index (χ4v) is 1.79. The minimum absolute atomic E-state index is 0.0989. The maximum atomic E-state index is 12.9. The van der Waals surface area contributed by atoms with Crippen LogP contribution in [0.2, 0.25) is 0 Å². The van der Waals surface area contributed by atoms with E-state index in [1.54, 1.807) is 6.07 Å². The zero-order valence-electron chi connectivity index (χ0n) is 12.1. The first-order valence-electron chi connectivity index (χ1n) is 6.88. The number of hydrogen-bond acceptors (Lipinski definition) is 2. The van der Waals surface area contributed by atoms with Gasteiger partial charge in [-0.05, 0) is 31.0 Å². The predicted molar refractivity (Wildman–Crippen MR) is 73.9 cm³/mol. The molecule has 2 nitrogen and oxygen atoms in total. The highest BCUT2D eigenvalue weighted by atomic mass is 19.4. The molecule has 1 unspecified atom stereocenters. The lowest BCUT2D eigenvalue weighted by atomic mass is 10.2. The van der Waals surface area contributed by atoms with Crippen LogP contribution in [0.25, 0.3) is 0 Å². The van der Waals surface area contributed by atoms with E-state index >= 15 is 0 Å². The van der Waals surface area contributed by atoms with Gasteiger partial charge in [-0.1, -0.05) is 32.9 Å². The van der Waals surface area contributed by atoms with Crippen LogP contribution < -0.4 is 10.1 Å². The second kappa shape index (κ2) is 7.53. The first-order chi connectivity index (χ1) is 9.34. The van der Waals surface area contributed by atoms with Crippen molar-refractivity contribution in [2.45, 2.75) is 39.5 Å². The van der Waals surface area contributed by atoms with Crippen LogP contribution in [0.1, 0.15) is 32.8 Å². The molecule has 0 aliphatic rings. The van der Waals surface area contributed by atoms with Gasteiger partial charge in [-0.2, -0.15) is 13.2 Å². The van der Waals surface area contributed by atoms with Gasteiger partial charge in [0.05, 0.1) is 5.56 Å². The van der Waals surface area contributed by atoms with Gasteiger partial charge in [0.15, 0.2) is 0 Å². The van der Waals surface area contributed by atoms with Crippen molar-refractivity contribution >= 4 is 0 Å². The van der Waals surface area contributed by atoms with E-state index < -0.39 is 11.7 Å². The van der Waals surface area contributed by atoms with E-state index in [4.69, 9.17) is 4.74 Å². The molecule has 1 N–H and O–H groups in total. The van der Waals surface area contributed by atoms with Crippen LogP contribution in [-0.2, 0) is 6.18 Å². The minimum atomic E-state index is -4.39. The number of hydrogen-bond donors (Lipinski definition) is 1. The Hall–Kier alpha value is -1.23. The Bertz CT molecular complexity index is 404. The topological polar surface area (TPSA) is 21.3 Å². The molecule has 0 spiro atoms. The Morgan fingerprint density at radius 1 is 1.15 bits per heavy atom. The smallest absolute Gasteiger partial charge is 0.419 e. The number of rotatable bonds is 7. The van der Waals surface area contributed by atoms with E-state index in [9.17, 15) is 13.2 Å². The summed E-state index contributed by atoms with van der Waals surface area (Å²) < 4.78 is 44.1. The van der Waals surface area contributed by atoms with Crippen molar-refractivity contribution < 1.29 is 17.9 Å². The summed E-state index contributed by atoms with van der Waals surface area (Å²) in [5, 5.41) is 3.21. The molecule has 1 rings (SSSR count). The zero-order chi connectivity index (χ0) is 15.2. The van der Waals surface area contributed by atoms with Crippen molar-refractivity contribution in [2.75, 3.05) is 13.1 Å². The number of ether oxygens (including phenoxy) is 1. The Labute approximate surface area is 118 Å². The summed E-state index contributed by atoms with van der Waals surface area (Å²) in [5.74, 6) is 0.396. The van der Waals surface area contributed by atoms with Crippen molar-refractivity contribution in [1.82, 2.24) is 5.32 Å². The number of benzene rings is 1. The van der Waals surface area contributed by atoms with E-state index in [0.29, 0.717) is 18.9 Å². The summed E-state index contributed by atoms with van der Waals surface area (Å²) in [5.41, 5.74) is -0.720. The van der Waals surface area contributed by atoms with Crippen LogP contribution in [0.15, 0.2) is 24.3 Å². The molecule has 0 saturated heterocycles. The molecule has 1 aromatic rings. The van der Waals surface area contributed by atoms with Crippen molar-refractivity contribution in [2.24, 2.45) is 5.92 Å². The monoisotopic (exact) mass is 289 g/mol. The summed E-state index contributed by atoms with van der Waals surface area (Å²) in [4.78, 5) is 0. The number of para-hydroxylation sites is 1. The highest BCUT2D eigenvalue weighted by Gasteiger charge is 2.34. The van der Waals surface area contributed by atoms with Gasteiger partial charge < -0.3 is 10.1 Å². The summed E-state index contributed by atoms with van der Waals surface area (Å²) in [6.07, 6.45) is -4.00. The van der Waals surface area contributed by atoms with E-state index in [1.165, 1.54) is 12.1 Å². The van der Waals surface area contributed by atoms with Crippen LogP contribution in [0.4, 0.5) is 13.2 Å². The van der Waals surface area contributed by atoms with Gasteiger partial charge in [-0.3, -0.25) is 0 Å². The first-order valence-corrected chi connectivity index (χ1v) is 6.88. The van der Waals surface area contributed by atoms with Crippen LogP contribution in [0.5, 0.6) is 5.75 Å². The first kappa shape index (κ1) is 16.8. The summed E-state index contributed by atoms with van der Waals surface area (Å²) in [6.45, 7) is 7.42.